The molecule has 4 aliphatic rings. The number of hydrogen-bond donors (Lipinski definition) is 0. The Balaban J connectivity index is 1.35. The van der Waals surface area contributed by atoms with Crippen LogP contribution in [0.1, 0.15) is 69.2 Å². The van der Waals surface area contributed by atoms with Crippen molar-refractivity contribution in [2.45, 2.75) is 83.6 Å². The number of nitrogens with zero attached hydrogens (tertiary/aromatic N) is 3. The van der Waals surface area contributed by atoms with Crippen LogP contribution in [0.3, 0.4) is 0 Å². The Labute approximate surface area is 182 Å². The largest absolute Gasteiger partial charge is 0.417 e. The normalized spacial score (nSPS) is 33.4. The van der Waals surface area contributed by atoms with Gasteiger partial charge in [0.1, 0.15) is 0 Å². The van der Waals surface area contributed by atoms with Gasteiger partial charge in [0.25, 0.3) is 0 Å². The highest BCUT2D eigenvalue weighted by Crippen LogP contribution is 2.51. The second-order valence-electron chi connectivity index (χ2n) is 10.5. The molecule has 2 bridgehead atoms. The average Bonchev–Trinajstić information content (AvgIpc) is 3.47. The van der Waals surface area contributed by atoms with Gasteiger partial charge in [-0.05, 0) is 62.0 Å². The molecule has 1 unspecified atom stereocenters. The van der Waals surface area contributed by atoms with Crippen LogP contribution in [0.2, 0.25) is 0 Å². The summed E-state index contributed by atoms with van der Waals surface area (Å²) in [5, 5.41) is 0. The molecular formula is C24H32F3N3O. The van der Waals surface area contributed by atoms with Crippen molar-refractivity contribution in [3.63, 3.8) is 0 Å². The first-order valence-electron chi connectivity index (χ1n) is 11.8. The van der Waals surface area contributed by atoms with Crippen LogP contribution in [-0.2, 0) is 23.9 Å². The Morgan fingerprint density at radius 3 is 2.68 bits per heavy atom. The molecule has 1 saturated heterocycles. The van der Waals surface area contributed by atoms with Crippen molar-refractivity contribution in [3.8, 4) is 0 Å². The van der Waals surface area contributed by atoms with Gasteiger partial charge < -0.3 is 4.90 Å². The second kappa shape index (κ2) is 7.46. The first-order valence-corrected chi connectivity index (χ1v) is 11.8. The standard InChI is InChI=1S/C24H32F3N3O/c1-15(2)23(7-5-20(11-23)30-13-16-3-4-19(30)9-16)22(31)29-8-6-21-17(14-29)10-18(12-28-21)24(25,26)27/h10,12,15-16,19-20H,3-9,11,13-14H2,1-2H3/t16-,19+,20?,23-/m0/s1. The number of amides is 1. The van der Waals surface area contributed by atoms with Crippen molar-refractivity contribution < 1.29 is 18.0 Å². The summed E-state index contributed by atoms with van der Waals surface area (Å²) in [4.78, 5) is 22.4. The molecule has 2 saturated carbocycles. The Morgan fingerprint density at radius 2 is 2.03 bits per heavy atom. The third-order valence-corrected chi connectivity index (χ3v) is 8.63. The number of halogens is 3. The minimum absolute atomic E-state index is 0.136. The number of piperidine rings is 1. The zero-order valence-corrected chi connectivity index (χ0v) is 18.4. The molecule has 3 fully saturated rings. The number of likely N-dealkylation sites (tertiary alicyclic amines) is 1. The van der Waals surface area contributed by atoms with Gasteiger partial charge in [0.15, 0.2) is 0 Å². The van der Waals surface area contributed by atoms with Crippen LogP contribution in [0, 0.1) is 17.3 Å². The van der Waals surface area contributed by atoms with Crippen LogP contribution in [0.25, 0.3) is 0 Å². The fourth-order valence-electron chi connectivity index (χ4n) is 6.78. The SMILES string of the molecule is CC(C)[C@]1(C(=O)N2CCc3ncc(C(F)(F)F)cc3C2)CCC(N2C[C@H]3CC[C@@H]2C3)C1. The van der Waals surface area contributed by atoms with E-state index < -0.39 is 17.2 Å². The molecule has 2 aliphatic heterocycles. The van der Waals surface area contributed by atoms with Crippen molar-refractivity contribution in [1.29, 1.82) is 0 Å². The van der Waals surface area contributed by atoms with Crippen molar-refractivity contribution in [3.05, 3.63) is 29.1 Å². The summed E-state index contributed by atoms with van der Waals surface area (Å²) < 4.78 is 39.5. The number of carbonyl (C=O) groups is 1. The van der Waals surface area contributed by atoms with Crippen molar-refractivity contribution in [1.82, 2.24) is 14.8 Å². The molecule has 1 aromatic heterocycles. The van der Waals surface area contributed by atoms with Gasteiger partial charge in [-0.2, -0.15) is 13.2 Å². The predicted octanol–water partition coefficient (Wildman–Crippen LogP) is 4.66. The molecule has 5 rings (SSSR count). The van der Waals surface area contributed by atoms with Gasteiger partial charge in [-0.3, -0.25) is 14.7 Å². The van der Waals surface area contributed by atoms with Crippen molar-refractivity contribution in [2.24, 2.45) is 17.3 Å². The third-order valence-electron chi connectivity index (χ3n) is 8.63. The summed E-state index contributed by atoms with van der Waals surface area (Å²) in [7, 11) is 0. The van der Waals surface area contributed by atoms with Gasteiger partial charge in [0.2, 0.25) is 5.91 Å². The van der Waals surface area contributed by atoms with Gasteiger partial charge in [0.05, 0.1) is 11.0 Å². The van der Waals surface area contributed by atoms with Crippen molar-refractivity contribution in [2.75, 3.05) is 13.1 Å². The quantitative estimate of drug-likeness (QED) is 0.693. The van der Waals surface area contributed by atoms with Gasteiger partial charge in [-0.1, -0.05) is 13.8 Å². The lowest BCUT2D eigenvalue weighted by molar-refractivity contribution is -0.146. The number of carbonyl (C=O) groups excluding carboxylic acids is 1. The van der Waals surface area contributed by atoms with E-state index in [1.165, 1.54) is 31.9 Å². The molecule has 1 aromatic rings. The molecule has 0 spiro atoms. The smallest absolute Gasteiger partial charge is 0.337 e. The zero-order chi connectivity index (χ0) is 22.0. The van der Waals surface area contributed by atoms with E-state index >= 15 is 0 Å². The number of hydrogen-bond acceptors (Lipinski definition) is 3. The summed E-state index contributed by atoms with van der Waals surface area (Å²) in [6.07, 6.45) is 3.80. The maximum Gasteiger partial charge on any atom is 0.417 e. The van der Waals surface area contributed by atoms with Crippen LogP contribution in [0.4, 0.5) is 13.2 Å². The monoisotopic (exact) mass is 435 g/mol. The van der Waals surface area contributed by atoms with Crippen molar-refractivity contribution >= 4 is 5.91 Å². The summed E-state index contributed by atoms with van der Waals surface area (Å²) in [5.41, 5.74) is 0.0934. The Hall–Kier alpha value is -1.63. The van der Waals surface area contributed by atoms with E-state index in [0.29, 0.717) is 36.3 Å². The van der Waals surface area contributed by atoms with E-state index in [9.17, 15) is 18.0 Å². The first-order chi connectivity index (χ1) is 14.7. The molecule has 2 aliphatic carbocycles. The zero-order valence-electron chi connectivity index (χ0n) is 18.4. The van der Waals surface area contributed by atoms with Crippen LogP contribution in [-0.4, -0.2) is 45.9 Å². The summed E-state index contributed by atoms with van der Waals surface area (Å²) >= 11 is 0. The maximum atomic E-state index is 13.8. The second-order valence-corrected chi connectivity index (χ2v) is 10.5. The highest BCUT2D eigenvalue weighted by atomic mass is 19.4. The van der Waals surface area contributed by atoms with Crippen LogP contribution < -0.4 is 0 Å². The molecule has 4 atom stereocenters. The number of aromatic nitrogens is 1. The fraction of sp³-hybridized carbons (Fsp3) is 0.750. The highest BCUT2D eigenvalue weighted by Gasteiger charge is 2.53. The highest BCUT2D eigenvalue weighted by molar-refractivity contribution is 5.83. The number of rotatable bonds is 3. The molecule has 1 amide bonds. The Bertz CT molecular complexity index is 870. The Kier molecular flexibility index (Phi) is 5.11. The third kappa shape index (κ3) is 3.57. The van der Waals surface area contributed by atoms with Crippen LogP contribution >= 0.6 is 0 Å². The first kappa shape index (κ1) is 21.2. The fourth-order valence-corrected chi connectivity index (χ4v) is 6.78. The molecule has 3 heterocycles. The van der Waals surface area contributed by atoms with Crippen LogP contribution in [0.5, 0.6) is 0 Å². The minimum atomic E-state index is -4.42. The lowest BCUT2D eigenvalue weighted by Gasteiger charge is -2.40. The lowest BCUT2D eigenvalue weighted by Crippen LogP contribution is -2.49. The lowest BCUT2D eigenvalue weighted by atomic mass is 9.73. The number of alkyl halides is 3. The topological polar surface area (TPSA) is 36.4 Å². The number of fused-ring (bicyclic) bond motifs is 3. The van der Waals surface area contributed by atoms with Gasteiger partial charge in [0, 0.05) is 50.0 Å². The molecule has 7 heteroatoms. The molecule has 0 N–H and O–H groups in total. The maximum absolute atomic E-state index is 13.8. The van der Waals surface area contributed by atoms with E-state index in [1.807, 2.05) is 4.90 Å². The average molecular weight is 436 g/mol. The predicted molar refractivity (Wildman–Crippen MR) is 111 cm³/mol. The van der Waals surface area contributed by atoms with Crippen LogP contribution in [0.15, 0.2) is 12.3 Å². The Morgan fingerprint density at radius 1 is 1.23 bits per heavy atom. The summed E-state index contributed by atoms with van der Waals surface area (Å²) in [5.74, 6) is 1.19. The molecule has 4 nitrogen and oxygen atoms in total. The minimum Gasteiger partial charge on any atom is -0.337 e. The summed E-state index contributed by atoms with van der Waals surface area (Å²) in [6, 6.07) is 2.35. The number of pyridine rings is 1. The van der Waals surface area contributed by atoms with E-state index in [0.717, 1.165) is 31.4 Å². The van der Waals surface area contributed by atoms with E-state index in [-0.39, 0.29) is 18.4 Å². The van der Waals surface area contributed by atoms with E-state index in [1.54, 1.807) is 0 Å². The van der Waals surface area contributed by atoms with Gasteiger partial charge in [-0.25, -0.2) is 0 Å². The molecule has 0 aromatic carbocycles. The van der Waals surface area contributed by atoms with E-state index in [4.69, 9.17) is 0 Å². The van der Waals surface area contributed by atoms with Gasteiger partial charge >= 0.3 is 6.18 Å². The molecule has 31 heavy (non-hydrogen) atoms. The van der Waals surface area contributed by atoms with Gasteiger partial charge in [-0.15, -0.1) is 0 Å². The molecule has 0 radical (unpaired) electrons. The summed E-state index contributed by atoms with van der Waals surface area (Å²) in [6.45, 7) is 6.23. The molecular weight excluding hydrogens is 403 g/mol. The molecule has 170 valence electrons. The van der Waals surface area contributed by atoms with E-state index in [2.05, 4.69) is 23.7 Å².